The summed E-state index contributed by atoms with van der Waals surface area (Å²) in [6.07, 6.45) is 10.0. The molecule has 8 atom stereocenters. The average Bonchev–Trinajstić information content (AvgIpc) is 3.20. The molecule has 4 aliphatic rings. The van der Waals surface area contributed by atoms with Crippen molar-refractivity contribution < 1.29 is 34.2 Å². The van der Waals surface area contributed by atoms with Crippen LogP contribution in [0.2, 0.25) is 0 Å². The summed E-state index contributed by atoms with van der Waals surface area (Å²) in [6.45, 7) is 9.02. The van der Waals surface area contributed by atoms with Crippen molar-refractivity contribution in [3.63, 3.8) is 0 Å². The van der Waals surface area contributed by atoms with Crippen LogP contribution in [0.15, 0.2) is 16.8 Å². The van der Waals surface area contributed by atoms with Gasteiger partial charge in [-0.1, -0.05) is 37.9 Å². The van der Waals surface area contributed by atoms with Crippen molar-refractivity contribution in [2.24, 2.45) is 33.7 Å². The van der Waals surface area contributed by atoms with E-state index in [1.54, 1.807) is 6.92 Å². The van der Waals surface area contributed by atoms with Crippen LogP contribution in [0.5, 0.6) is 0 Å². The van der Waals surface area contributed by atoms with Gasteiger partial charge < -0.3 is 25.7 Å². The molecular formula is C31H47N3O7. The summed E-state index contributed by atoms with van der Waals surface area (Å²) < 4.78 is 0. The van der Waals surface area contributed by atoms with Gasteiger partial charge >= 0.3 is 5.97 Å². The molecule has 2 amide bonds. The number of allylic oxidation sites excluding steroid dienone is 2. The van der Waals surface area contributed by atoms with Crippen LogP contribution < -0.4 is 10.6 Å². The number of hydrogen-bond acceptors (Lipinski definition) is 7. The Bertz CT molecular complexity index is 1130. The highest BCUT2D eigenvalue weighted by Crippen LogP contribution is 2.67. The van der Waals surface area contributed by atoms with Crippen molar-refractivity contribution in [3.05, 3.63) is 11.6 Å². The van der Waals surface area contributed by atoms with E-state index in [9.17, 15) is 29.4 Å². The van der Waals surface area contributed by atoms with Crippen molar-refractivity contribution in [1.29, 1.82) is 0 Å². The molecule has 3 saturated carbocycles. The summed E-state index contributed by atoms with van der Waals surface area (Å²) in [5, 5.41) is 29.8. The van der Waals surface area contributed by atoms with E-state index in [0.717, 1.165) is 50.7 Å². The van der Waals surface area contributed by atoms with Crippen molar-refractivity contribution in [2.75, 3.05) is 6.61 Å². The highest BCUT2D eigenvalue weighted by Gasteiger charge is 2.65. The number of oxime groups is 1. The summed E-state index contributed by atoms with van der Waals surface area (Å²) in [5.74, 6) is -0.915. The molecular weight excluding hydrogens is 526 g/mol. The maximum absolute atomic E-state index is 12.5. The minimum absolute atomic E-state index is 0.0476. The maximum atomic E-state index is 12.5. The first-order valence-electron chi connectivity index (χ1n) is 15.2. The average molecular weight is 574 g/mol. The number of Topliss-reactive ketones (excluding diaryl/α,β-unsaturated/α-hetero) is 1. The number of carboxylic acid groups (broad SMARTS) is 1. The first-order valence-corrected chi connectivity index (χ1v) is 15.2. The van der Waals surface area contributed by atoms with Crippen LogP contribution in [0.1, 0.15) is 98.8 Å². The lowest BCUT2D eigenvalue weighted by molar-refractivity contribution is -0.159. The summed E-state index contributed by atoms with van der Waals surface area (Å²) in [4.78, 5) is 53.7. The summed E-state index contributed by atoms with van der Waals surface area (Å²) >= 11 is 0. The molecule has 0 aromatic heterocycles. The monoisotopic (exact) mass is 573 g/mol. The lowest BCUT2D eigenvalue weighted by Gasteiger charge is -2.59. The zero-order valence-corrected chi connectivity index (χ0v) is 25.1. The smallest absolute Gasteiger partial charge is 0.326 e. The summed E-state index contributed by atoms with van der Waals surface area (Å²) in [5.41, 5.74) is 0.661. The summed E-state index contributed by atoms with van der Waals surface area (Å²) in [7, 11) is 0. The zero-order valence-electron chi connectivity index (χ0n) is 25.1. The predicted molar refractivity (Wildman–Crippen MR) is 153 cm³/mol. The minimum Gasteiger partial charge on any atom is -0.480 e. The van der Waals surface area contributed by atoms with Gasteiger partial charge in [0.05, 0.1) is 5.71 Å². The second kappa shape index (κ2) is 11.9. The van der Waals surface area contributed by atoms with Crippen molar-refractivity contribution in [3.8, 4) is 0 Å². The van der Waals surface area contributed by atoms with Crippen LogP contribution in [0.4, 0.5) is 0 Å². The predicted octanol–water partition coefficient (Wildman–Crippen LogP) is 3.52. The molecule has 0 aromatic carbocycles. The fraction of sp³-hybridized carbons (Fsp3) is 0.774. The lowest BCUT2D eigenvalue weighted by atomic mass is 9.46. The molecule has 0 spiro atoms. The molecule has 4 N–H and O–H groups in total. The van der Waals surface area contributed by atoms with E-state index in [1.165, 1.54) is 12.5 Å². The number of hydrogen-bond donors (Lipinski definition) is 4. The molecule has 3 fully saturated rings. The van der Waals surface area contributed by atoms with Crippen LogP contribution in [-0.2, 0) is 24.0 Å². The number of nitrogens with one attached hydrogen (secondary N) is 2. The molecule has 0 heterocycles. The highest BCUT2D eigenvalue weighted by molar-refractivity contribution is 5.96. The molecule has 2 unspecified atom stereocenters. The number of aliphatic carboxylic acids is 1. The molecule has 0 aromatic rings. The SMILES string of the molecule is CCCC(NC(=O)C(C)NC(=O)CON=C1C=C2CC[C@@H]3[C@H](CC[C@@]4(C)[C@H]3CC[C@]4(O)C(C)=O)[C@@]2(C)CC1)C(=O)O. The second-order valence-electron chi connectivity index (χ2n) is 13.2. The first-order chi connectivity index (χ1) is 19.3. The molecule has 0 aliphatic heterocycles. The van der Waals surface area contributed by atoms with Crippen LogP contribution in [0.3, 0.4) is 0 Å². The van der Waals surface area contributed by atoms with Crippen molar-refractivity contribution in [2.45, 2.75) is 117 Å². The van der Waals surface area contributed by atoms with Gasteiger partial charge in [-0.05, 0) is 101 Å². The second-order valence-corrected chi connectivity index (χ2v) is 13.2. The standard InChI is InChI=1S/C31H47N3O7/c1-6-7-25(28(38)39)33-27(37)18(2)32-26(36)17-41-34-21-10-13-29(4)20(16-21)8-9-22-23(29)11-14-30(5)24(22)12-15-31(30,40)19(3)35/h16,18,22-25,40H,6-15,17H2,1-5H3,(H,32,36)(H,33,37)(H,38,39)/t18?,22-,23+,24+,25?,29+,30+,31+/m1/s1. The van der Waals surface area contributed by atoms with Crippen molar-refractivity contribution in [1.82, 2.24) is 10.6 Å². The van der Waals surface area contributed by atoms with E-state index in [0.29, 0.717) is 37.0 Å². The third-order valence-corrected chi connectivity index (χ3v) is 11.1. The van der Waals surface area contributed by atoms with E-state index < -0.39 is 35.5 Å². The van der Waals surface area contributed by atoms with Crippen molar-refractivity contribution >= 4 is 29.3 Å². The maximum Gasteiger partial charge on any atom is 0.326 e. The normalized spacial score (nSPS) is 36.6. The Morgan fingerprint density at radius 1 is 1.07 bits per heavy atom. The van der Waals surface area contributed by atoms with Gasteiger partial charge in [-0.15, -0.1) is 0 Å². The van der Waals surface area contributed by atoms with Gasteiger partial charge in [-0.25, -0.2) is 4.79 Å². The number of amides is 2. The van der Waals surface area contributed by atoms with Gasteiger partial charge in [-0.3, -0.25) is 14.4 Å². The number of ketones is 1. The van der Waals surface area contributed by atoms with Gasteiger partial charge in [0.25, 0.3) is 5.91 Å². The minimum atomic E-state index is -1.20. The Hall–Kier alpha value is -2.75. The molecule has 228 valence electrons. The Morgan fingerprint density at radius 3 is 2.44 bits per heavy atom. The highest BCUT2D eigenvalue weighted by atomic mass is 16.6. The van der Waals surface area contributed by atoms with E-state index in [4.69, 9.17) is 4.84 Å². The molecule has 4 rings (SSSR count). The van der Waals surface area contributed by atoms with Gasteiger partial charge in [0.2, 0.25) is 5.91 Å². The fourth-order valence-corrected chi connectivity index (χ4v) is 8.60. The number of fused-ring (bicyclic) bond motifs is 5. The van der Waals surface area contributed by atoms with Crippen LogP contribution in [0, 0.1) is 28.6 Å². The van der Waals surface area contributed by atoms with E-state index in [1.807, 2.05) is 6.92 Å². The molecule has 0 bridgehead atoms. The van der Waals surface area contributed by atoms with E-state index in [-0.39, 0.29) is 23.2 Å². The molecule has 41 heavy (non-hydrogen) atoms. The first kappa shape index (κ1) is 31.2. The van der Waals surface area contributed by atoms with Gasteiger partial charge in [0, 0.05) is 5.41 Å². The topological polar surface area (TPSA) is 154 Å². The molecule has 10 heteroatoms. The molecule has 0 radical (unpaired) electrons. The number of nitrogens with zero attached hydrogens (tertiary/aromatic N) is 1. The largest absolute Gasteiger partial charge is 0.480 e. The number of carbonyl (C=O) groups is 4. The third-order valence-electron chi connectivity index (χ3n) is 11.1. The van der Waals surface area contributed by atoms with Crippen LogP contribution in [0.25, 0.3) is 0 Å². The van der Waals surface area contributed by atoms with Crippen LogP contribution >= 0.6 is 0 Å². The van der Waals surface area contributed by atoms with Gasteiger partial charge in [0.1, 0.15) is 17.7 Å². The molecule has 4 aliphatic carbocycles. The number of carbonyl (C=O) groups excluding carboxylic acids is 3. The van der Waals surface area contributed by atoms with Crippen LogP contribution in [-0.4, -0.2) is 63.8 Å². The Kier molecular flexibility index (Phi) is 9.02. The third kappa shape index (κ3) is 5.68. The zero-order chi connectivity index (χ0) is 30.2. The number of rotatable bonds is 10. The Balaban J connectivity index is 1.33. The molecule has 10 nitrogen and oxygen atoms in total. The Morgan fingerprint density at radius 2 is 1.78 bits per heavy atom. The number of carboxylic acids is 1. The molecule has 0 saturated heterocycles. The fourth-order valence-electron chi connectivity index (χ4n) is 8.60. The van der Waals surface area contributed by atoms with E-state index >= 15 is 0 Å². The van der Waals surface area contributed by atoms with Gasteiger partial charge in [0.15, 0.2) is 12.4 Å². The number of aliphatic hydroxyl groups is 1. The van der Waals surface area contributed by atoms with E-state index in [2.05, 4.69) is 35.7 Å². The Labute approximate surface area is 242 Å². The summed E-state index contributed by atoms with van der Waals surface area (Å²) in [6, 6.07) is -1.90. The van der Waals surface area contributed by atoms with Gasteiger partial charge in [-0.2, -0.15) is 0 Å². The lowest BCUT2D eigenvalue weighted by Crippen LogP contribution is -2.57. The quantitative estimate of drug-likeness (QED) is 0.292.